The van der Waals surface area contributed by atoms with Crippen LogP contribution in [0.2, 0.25) is 0 Å². The maximum Gasteiger partial charge on any atom is 0.0587 e. The first-order valence-electron chi connectivity index (χ1n) is 3.24. The third-order valence-electron chi connectivity index (χ3n) is 1.08. The first kappa shape index (κ1) is 10.2. The van der Waals surface area contributed by atoms with Crippen LogP contribution in [0.1, 0.15) is 12.5 Å². The van der Waals surface area contributed by atoms with Gasteiger partial charge in [-0.3, -0.25) is 0 Å². The molecule has 0 aliphatic carbocycles. The highest BCUT2D eigenvalue weighted by Gasteiger charge is 1.86. The molecule has 1 aromatic rings. The molecule has 0 bridgehead atoms. The molecule has 0 radical (unpaired) electrons. The lowest BCUT2D eigenvalue weighted by Gasteiger charge is -1.91. The van der Waals surface area contributed by atoms with Gasteiger partial charge < -0.3 is 0 Å². The Morgan fingerprint density at radius 3 is 2.09 bits per heavy atom. The third kappa shape index (κ3) is 4.58. The van der Waals surface area contributed by atoms with Crippen molar-refractivity contribution in [3.05, 3.63) is 34.3 Å². The Bertz CT molecular complexity index is 229. The highest BCUT2D eigenvalue weighted by molar-refractivity contribution is 9.10. The fourth-order valence-corrected chi connectivity index (χ4v) is 0.836. The second kappa shape index (κ2) is 5.94. The molecule has 0 N–H and O–H groups in total. The van der Waals surface area contributed by atoms with Crippen LogP contribution in [-0.4, -0.2) is 0 Å². The lowest BCUT2D eigenvalue weighted by molar-refractivity contribution is 1.43. The van der Waals surface area contributed by atoms with Crippen LogP contribution in [0.5, 0.6) is 0 Å². The summed E-state index contributed by atoms with van der Waals surface area (Å²) >= 11 is 3.40. The molecule has 0 amide bonds. The number of halogens is 1. The molecule has 0 spiro atoms. The highest BCUT2D eigenvalue weighted by Crippen LogP contribution is 2.13. The van der Waals surface area contributed by atoms with Crippen LogP contribution < -0.4 is 0 Å². The Hall–Kier alpha value is -0.810. The van der Waals surface area contributed by atoms with Crippen molar-refractivity contribution < 1.29 is 0 Å². The number of hydrogen-bond donors (Lipinski definition) is 0. The summed E-state index contributed by atoms with van der Waals surface area (Å²) in [4.78, 5) is 0. The molecule has 0 aliphatic rings. The quantitative estimate of drug-likeness (QED) is 0.647. The minimum atomic E-state index is 1.18. The van der Waals surface area contributed by atoms with E-state index in [4.69, 9.17) is 5.26 Å². The van der Waals surface area contributed by atoms with Gasteiger partial charge in [0.15, 0.2) is 0 Å². The minimum absolute atomic E-state index is 1.18. The molecule has 0 unspecified atom stereocenters. The van der Waals surface area contributed by atoms with Crippen molar-refractivity contribution in [3.63, 3.8) is 0 Å². The van der Waals surface area contributed by atoms with E-state index in [0.29, 0.717) is 0 Å². The van der Waals surface area contributed by atoms with Crippen LogP contribution in [0.15, 0.2) is 28.7 Å². The fraction of sp³-hybridized carbons (Fsp3) is 0.222. The summed E-state index contributed by atoms with van der Waals surface area (Å²) in [6.07, 6.45) is 0. The molecule has 0 aliphatic heterocycles. The van der Waals surface area contributed by atoms with E-state index in [1.807, 2.05) is 18.2 Å². The molecule has 1 nitrogen and oxygen atoms in total. The summed E-state index contributed by atoms with van der Waals surface area (Å²) in [5.41, 5.74) is 1.28. The van der Waals surface area contributed by atoms with E-state index in [2.05, 4.69) is 28.9 Å². The lowest BCUT2D eigenvalue weighted by Crippen LogP contribution is -1.69. The first-order valence-corrected chi connectivity index (χ1v) is 4.03. The van der Waals surface area contributed by atoms with E-state index in [0.717, 1.165) is 0 Å². The van der Waals surface area contributed by atoms with Gasteiger partial charge in [0, 0.05) is 11.4 Å². The molecule has 1 rings (SSSR count). The molecule has 1 aromatic carbocycles. The van der Waals surface area contributed by atoms with Gasteiger partial charge in [0.2, 0.25) is 0 Å². The standard InChI is InChI=1S/C7H7Br.C2H3N/c1-6-4-2-3-5-7(6)8;1-2-3/h2-5H,1H3;1H3. The molecule has 0 aromatic heterocycles. The molecule has 0 heterocycles. The Labute approximate surface area is 75.8 Å². The SMILES string of the molecule is CC#N.Cc1ccccc1Br. The summed E-state index contributed by atoms with van der Waals surface area (Å²) in [6, 6.07) is 9.90. The number of nitriles is 1. The summed E-state index contributed by atoms with van der Waals surface area (Å²) in [5.74, 6) is 0. The van der Waals surface area contributed by atoms with Gasteiger partial charge >= 0.3 is 0 Å². The zero-order valence-electron chi connectivity index (χ0n) is 6.63. The largest absolute Gasteiger partial charge is 0.199 e. The molecule has 58 valence electrons. The van der Waals surface area contributed by atoms with Crippen LogP contribution in [0.3, 0.4) is 0 Å². The Morgan fingerprint density at radius 1 is 1.36 bits per heavy atom. The molecular weight excluding hydrogens is 202 g/mol. The van der Waals surface area contributed by atoms with Gasteiger partial charge in [0.05, 0.1) is 6.07 Å². The number of hydrogen-bond acceptors (Lipinski definition) is 1. The Kier molecular flexibility index (Phi) is 5.50. The van der Waals surface area contributed by atoms with Gasteiger partial charge in [-0.2, -0.15) is 5.26 Å². The van der Waals surface area contributed by atoms with Crippen LogP contribution in [0.4, 0.5) is 0 Å². The normalized spacial score (nSPS) is 7.45. The van der Waals surface area contributed by atoms with Gasteiger partial charge in [-0.25, -0.2) is 0 Å². The Morgan fingerprint density at radius 2 is 1.82 bits per heavy atom. The maximum atomic E-state index is 7.32. The van der Waals surface area contributed by atoms with E-state index >= 15 is 0 Å². The zero-order chi connectivity index (χ0) is 8.69. The second-order valence-electron chi connectivity index (χ2n) is 1.97. The predicted octanol–water partition coefficient (Wildman–Crippen LogP) is 3.29. The first-order chi connectivity index (χ1) is 5.22. The molecule has 0 saturated carbocycles. The average molecular weight is 212 g/mol. The maximum absolute atomic E-state index is 7.32. The molecule has 2 heteroatoms. The van der Waals surface area contributed by atoms with Crippen molar-refractivity contribution in [3.8, 4) is 6.07 Å². The van der Waals surface area contributed by atoms with Crippen molar-refractivity contribution in [2.75, 3.05) is 0 Å². The van der Waals surface area contributed by atoms with Crippen LogP contribution >= 0.6 is 15.9 Å². The summed E-state index contributed by atoms with van der Waals surface area (Å²) in [7, 11) is 0. The fourth-order valence-electron chi connectivity index (χ4n) is 0.551. The van der Waals surface area contributed by atoms with E-state index in [1.54, 1.807) is 6.07 Å². The van der Waals surface area contributed by atoms with E-state index in [9.17, 15) is 0 Å². The molecule has 0 fully saturated rings. The van der Waals surface area contributed by atoms with Crippen molar-refractivity contribution in [1.82, 2.24) is 0 Å². The summed E-state index contributed by atoms with van der Waals surface area (Å²) in [5, 5.41) is 7.32. The number of aryl methyl sites for hydroxylation is 1. The van der Waals surface area contributed by atoms with Gasteiger partial charge in [-0.15, -0.1) is 0 Å². The topological polar surface area (TPSA) is 23.8 Å². The molecule has 0 saturated heterocycles. The average Bonchev–Trinajstić information content (AvgIpc) is 1.97. The zero-order valence-corrected chi connectivity index (χ0v) is 8.22. The van der Waals surface area contributed by atoms with Crippen molar-refractivity contribution in [2.24, 2.45) is 0 Å². The number of benzene rings is 1. The monoisotopic (exact) mass is 211 g/mol. The van der Waals surface area contributed by atoms with E-state index < -0.39 is 0 Å². The van der Waals surface area contributed by atoms with Crippen molar-refractivity contribution >= 4 is 15.9 Å². The van der Waals surface area contributed by atoms with Gasteiger partial charge in [-0.05, 0) is 18.6 Å². The van der Waals surface area contributed by atoms with Crippen molar-refractivity contribution in [2.45, 2.75) is 13.8 Å². The van der Waals surface area contributed by atoms with Gasteiger partial charge in [0.1, 0.15) is 0 Å². The molecule has 11 heavy (non-hydrogen) atoms. The van der Waals surface area contributed by atoms with Crippen LogP contribution in [-0.2, 0) is 0 Å². The summed E-state index contributed by atoms with van der Waals surface area (Å²) < 4.78 is 1.18. The lowest BCUT2D eigenvalue weighted by atomic mass is 10.2. The highest BCUT2D eigenvalue weighted by atomic mass is 79.9. The summed E-state index contributed by atoms with van der Waals surface area (Å²) in [6.45, 7) is 3.50. The van der Waals surface area contributed by atoms with Crippen LogP contribution in [0, 0.1) is 18.3 Å². The van der Waals surface area contributed by atoms with Crippen LogP contribution in [0.25, 0.3) is 0 Å². The van der Waals surface area contributed by atoms with Gasteiger partial charge in [0.25, 0.3) is 0 Å². The Balaban J connectivity index is 0.000000292. The number of nitrogens with zero attached hydrogens (tertiary/aromatic N) is 1. The molecular formula is C9H10BrN. The van der Waals surface area contributed by atoms with E-state index in [-0.39, 0.29) is 0 Å². The molecule has 0 atom stereocenters. The van der Waals surface area contributed by atoms with Gasteiger partial charge in [-0.1, -0.05) is 34.1 Å². The smallest absolute Gasteiger partial charge is 0.0587 e. The second-order valence-corrected chi connectivity index (χ2v) is 2.83. The predicted molar refractivity (Wildman–Crippen MR) is 50.2 cm³/mol. The third-order valence-corrected chi connectivity index (χ3v) is 1.97. The minimum Gasteiger partial charge on any atom is -0.199 e. The van der Waals surface area contributed by atoms with E-state index in [1.165, 1.54) is 17.0 Å². The number of rotatable bonds is 0. The van der Waals surface area contributed by atoms with Crippen molar-refractivity contribution in [1.29, 1.82) is 5.26 Å².